The zero-order chi connectivity index (χ0) is 19.8. The summed E-state index contributed by atoms with van der Waals surface area (Å²) in [7, 11) is 0. The second-order valence-electron chi connectivity index (χ2n) is 8.58. The minimum absolute atomic E-state index is 0.226. The third-order valence-electron chi connectivity index (χ3n) is 6.96. The Kier molecular flexibility index (Phi) is 4.84. The lowest BCUT2D eigenvalue weighted by Crippen LogP contribution is -2.57. The quantitative estimate of drug-likeness (QED) is 0.682. The molecule has 29 heavy (non-hydrogen) atoms. The van der Waals surface area contributed by atoms with Crippen LogP contribution in [0.15, 0.2) is 60.7 Å². The van der Waals surface area contributed by atoms with E-state index in [2.05, 4.69) is 22.0 Å². The molecular weight excluding hydrogens is 363 g/mol. The van der Waals surface area contributed by atoms with Gasteiger partial charge in [-0.25, -0.2) is 9.37 Å². The number of nitrogens with zero attached hydrogens (tertiary/aromatic N) is 2. The molecule has 2 aromatic carbocycles. The predicted molar refractivity (Wildman–Crippen MR) is 113 cm³/mol. The molecule has 1 aromatic heterocycles. The number of rotatable bonds is 3. The second kappa shape index (κ2) is 7.51. The number of aliphatic hydroxyl groups is 1. The highest BCUT2D eigenvalue weighted by molar-refractivity contribution is 5.79. The van der Waals surface area contributed by atoms with Gasteiger partial charge in [0.1, 0.15) is 11.3 Å². The molecule has 3 nitrogen and oxygen atoms in total. The summed E-state index contributed by atoms with van der Waals surface area (Å²) < 4.78 is 14.2. The lowest BCUT2D eigenvalue weighted by molar-refractivity contribution is -0.123. The Bertz CT molecular complexity index is 1010. The molecule has 0 unspecified atom stereocenters. The first-order chi connectivity index (χ1) is 14.1. The number of likely N-dealkylation sites (tertiary alicyclic amines) is 1. The molecule has 3 aromatic rings. The molecule has 4 heteroatoms. The Hall–Kier alpha value is -2.30. The molecule has 5 rings (SSSR count). The van der Waals surface area contributed by atoms with Crippen molar-refractivity contribution in [2.75, 3.05) is 6.54 Å². The fourth-order valence-corrected chi connectivity index (χ4v) is 5.50. The SMILES string of the molecule is O[C@@]1(c2ccccc2)CCN(Cc2ccc3cccc(F)c3n2)[C@@H]2CCCC[C@@H]21. The summed E-state index contributed by atoms with van der Waals surface area (Å²) in [6.07, 6.45) is 5.24. The summed E-state index contributed by atoms with van der Waals surface area (Å²) >= 11 is 0. The summed E-state index contributed by atoms with van der Waals surface area (Å²) in [6, 6.07) is 19.6. The van der Waals surface area contributed by atoms with Crippen molar-refractivity contribution >= 4 is 10.9 Å². The molecule has 2 aliphatic rings. The van der Waals surface area contributed by atoms with E-state index < -0.39 is 5.60 Å². The van der Waals surface area contributed by atoms with E-state index in [4.69, 9.17) is 0 Å². The maximum atomic E-state index is 14.2. The van der Waals surface area contributed by atoms with Crippen LogP contribution in [0.25, 0.3) is 10.9 Å². The van der Waals surface area contributed by atoms with Crippen molar-refractivity contribution in [3.63, 3.8) is 0 Å². The van der Waals surface area contributed by atoms with Crippen molar-refractivity contribution in [3.8, 4) is 0 Å². The Labute approximate surface area is 171 Å². The largest absolute Gasteiger partial charge is 0.385 e. The van der Waals surface area contributed by atoms with Gasteiger partial charge in [-0.15, -0.1) is 0 Å². The Morgan fingerprint density at radius 2 is 1.83 bits per heavy atom. The monoisotopic (exact) mass is 390 g/mol. The van der Waals surface area contributed by atoms with Crippen LogP contribution in [-0.4, -0.2) is 27.6 Å². The van der Waals surface area contributed by atoms with Gasteiger partial charge in [0.2, 0.25) is 0 Å². The first-order valence-corrected chi connectivity index (χ1v) is 10.7. The minimum Gasteiger partial charge on any atom is -0.385 e. The molecule has 0 amide bonds. The van der Waals surface area contributed by atoms with E-state index in [1.54, 1.807) is 6.07 Å². The molecule has 0 spiro atoms. The van der Waals surface area contributed by atoms with Crippen molar-refractivity contribution < 1.29 is 9.50 Å². The van der Waals surface area contributed by atoms with Crippen LogP contribution in [-0.2, 0) is 12.1 Å². The van der Waals surface area contributed by atoms with Gasteiger partial charge >= 0.3 is 0 Å². The van der Waals surface area contributed by atoms with Crippen LogP contribution in [0, 0.1) is 11.7 Å². The number of para-hydroxylation sites is 1. The number of pyridine rings is 1. The van der Waals surface area contributed by atoms with Gasteiger partial charge in [-0.2, -0.15) is 0 Å². The average Bonchev–Trinajstić information content (AvgIpc) is 2.77. The first-order valence-electron chi connectivity index (χ1n) is 10.7. The van der Waals surface area contributed by atoms with Gasteiger partial charge < -0.3 is 5.11 Å². The molecule has 2 fully saturated rings. The number of hydrogen-bond acceptors (Lipinski definition) is 3. The Balaban J connectivity index is 1.43. The van der Waals surface area contributed by atoms with Crippen molar-refractivity contribution in [3.05, 3.63) is 77.7 Å². The molecule has 150 valence electrons. The second-order valence-corrected chi connectivity index (χ2v) is 8.58. The van der Waals surface area contributed by atoms with Crippen LogP contribution in [0.2, 0.25) is 0 Å². The van der Waals surface area contributed by atoms with Gasteiger partial charge in [0.05, 0.1) is 11.3 Å². The van der Waals surface area contributed by atoms with Crippen molar-refractivity contribution in [2.24, 2.45) is 5.92 Å². The summed E-state index contributed by atoms with van der Waals surface area (Å²) in [5.41, 5.74) is 1.63. The van der Waals surface area contributed by atoms with Gasteiger partial charge in [0.25, 0.3) is 0 Å². The lowest BCUT2D eigenvalue weighted by Gasteiger charge is -2.52. The molecule has 1 aliphatic carbocycles. The molecule has 0 radical (unpaired) electrons. The third kappa shape index (κ3) is 3.34. The van der Waals surface area contributed by atoms with E-state index in [0.29, 0.717) is 18.1 Å². The van der Waals surface area contributed by atoms with E-state index >= 15 is 0 Å². The minimum atomic E-state index is -0.758. The number of benzene rings is 2. The van der Waals surface area contributed by atoms with Gasteiger partial charge in [0, 0.05) is 30.4 Å². The lowest BCUT2D eigenvalue weighted by atomic mass is 9.66. The number of piperidine rings is 1. The number of halogens is 1. The normalized spacial score (nSPS) is 27.7. The van der Waals surface area contributed by atoms with Crippen molar-refractivity contribution in [1.82, 2.24) is 9.88 Å². The van der Waals surface area contributed by atoms with Crippen LogP contribution in [0.4, 0.5) is 4.39 Å². The topological polar surface area (TPSA) is 36.4 Å². The molecule has 1 aliphatic heterocycles. The molecular formula is C25H27FN2O. The molecule has 1 saturated heterocycles. The summed E-state index contributed by atoms with van der Waals surface area (Å²) in [6.45, 7) is 1.53. The van der Waals surface area contributed by atoms with Crippen LogP contribution >= 0.6 is 0 Å². The maximum Gasteiger partial charge on any atom is 0.149 e. The van der Waals surface area contributed by atoms with E-state index in [-0.39, 0.29) is 11.7 Å². The molecule has 1 N–H and O–H groups in total. The molecule has 0 bridgehead atoms. The van der Waals surface area contributed by atoms with Gasteiger partial charge in [-0.1, -0.05) is 61.4 Å². The van der Waals surface area contributed by atoms with Crippen molar-refractivity contribution in [2.45, 2.75) is 50.3 Å². The number of hydrogen-bond donors (Lipinski definition) is 1. The van der Waals surface area contributed by atoms with Crippen LogP contribution in [0.3, 0.4) is 0 Å². The predicted octanol–water partition coefficient (Wildman–Crippen LogP) is 5.03. The Morgan fingerprint density at radius 3 is 2.69 bits per heavy atom. The smallest absolute Gasteiger partial charge is 0.149 e. The maximum absolute atomic E-state index is 14.2. The van der Waals surface area contributed by atoms with Gasteiger partial charge in [-0.3, -0.25) is 4.90 Å². The number of aromatic nitrogens is 1. The van der Waals surface area contributed by atoms with E-state index in [9.17, 15) is 9.50 Å². The fraction of sp³-hybridized carbons (Fsp3) is 0.400. The highest BCUT2D eigenvalue weighted by Gasteiger charge is 2.48. The van der Waals surface area contributed by atoms with E-state index in [1.807, 2.05) is 36.4 Å². The molecule has 2 heterocycles. The highest BCUT2D eigenvalue weighted by Crippen LogP contribution is 2.47. The highest BCUT2D eigenvalue weighted by atomic mass is 19.1. The van der Waals surface area contributed by atoms with E-state index in [0.717, 1.165) is 42.5 Å². The molecule has 1 saturated carbocycles. The zero-order valence-corrected chi connectivity index (χ0v) is 16.6. The summed E-state index contributed by atoms with van der Waals surface area (Å²) in [4.78, 5) is 7.09. The average molecular weight is 391 g/mol. The third-order valence-corrected chi connectivity index (χ3v) is 6.96. The van der Waals surface area contributed by atoms with Crippen LogP contribution in [0.5, 0.6) is 0 Å². The fourth-order valence-electron chi connectivity index (χ4n) is 5.50. The summed E-state index contributed by atoms with van der Waals surface area (Å²) in [5.74, 6) is -0.0402. The number of fused-ring (bicyclic) bond motifs is 2. The Morgan fingerprint density at radius 1 is 1.00 bits per heavy atom. The van der Waals surface area contributed by atoms with E-state index in [1.165, 1.54) is 18.9 Å². The standard InChI is InChI=1S/C25H27FN2O/c26-22-11-6-7-18-13-14-20(27-24(18)22)17-28-16-15-25(29,19-8-2-1-3-9-19)21-10-4-5-12-23(21)28/h1-3,6-9,11,13-14,21,23,29H,4-5,10,12,15-17H2/t21-,23+,25+/m0/s1. The summed E-state index contributed by atoms with van der Waals surface area (Å²) in [5, 5.41) is 12.5. The zero-order valence-electron chi connectivity index (χ0n) is 16.6. The van der Waals surface area contributed by atoms with Crippen LogP contribution < -0.4 is 0 Å². The molecule has 3 atom stereocenters. The van der Waals surface area contributed by atoms with Crippen LogP contribution in [0.1, 0.15) is 43.4 Å². The first kappa shape index (κ1) is 18.7. The van der Waals surface area contributed by atoms with Gasteiger partial charge in [0.15, 0.2) is 0 Å². The van der Waals surface area contributed by atoms with Gasteiger partial charge in [-0.05, 0) is 37.0 Å². The van der Waals surface area contributed by atoms with Crippen molar-refractivity contribution in [1.29, 1.82) is 0 Å².